The zero-order valence-electron chi connectivity index (χ0n) is 2.28. The molecule has 0 saturated heterocycles. The van der Waals surface area contributed by atoms with Gasteiger partial charge in [0.25, 0.3) is 0 Å². The van der Waals surface area contributed by atoms with E-state index in [-0.39, 0.29) is 3.77 Å². The Kier molecular flexibility index (Phi) is 3.09. The highest BCUT2D eigenvalue weighted by Crippen LogP contribution is 1.98. The largest absolute Gasteiger partial charge is 0.502 e. The fourth-order valence-electron chi connectivity index (χ4n) is 0. The highest BCUT2D eigenvalue weighted by atomic mass is 127. The van der Waals surface area contributed by atoms with Crippen molar-refractivity contribution in [2.24, 2.45) is 0 Å². The standard InChI is InChI=1S/C2H2ClIO/c3-1-2(4)5/h1,5H/b2-1+. The lowest BCUT2D eigenvalue weighted by molar-refractivity contribution is 0.467. The molecule has 0 aromatic carbocycles. The predicted octanol–water partition coefficient (Wildman–Crippen LogP) is 2.02. The molecule has 0 saturated carbocycles. The summed E-state index contributed by atoms with van der Waals surface area (Å²) in [7, 11) is 0. The average molecular weight is 204 g/mol. The van der Waals surface area contributed by atoms with E-state index in [0.29, 0.717) is 0 Å². The highest BCUT2D eigenvalue weighted by molar-refractivity contribution is 14.1. The van der Waals surface area contributed by atoms with Crippen LogP contribution in [0.4, 0.5) is 0 Å². The SMILES string of the molecule is O/C(I)=C/Cl. The molecule has 1 N–H and O–H groups in total. The zero-order valence-corrected chi connectivity index (χ0v) is 5.19. The smallest absolute Gasteiger partial charge is 0.164 e. The second-order valence-corrected chi connectivity index (χ2v) is 1.76. The van der Waals surface area contributed by atoms with Gasteiger partial charge in [-0.25, -0.2) is 0 Å². The molecule has 0 spiro atoms. The normalized spacial score (nSPS) is 12.0. The Hall–Kier alpha value is 0.560. The van der Waals surface area contributed by atoms with Gasteiger partial charge in [-0.1, -0.05) is 11.6 Å². The molecule has 0 radical (unpaired) electrons. The van der Waals surface area contributed by atoms with E-state index < -0.39 is 0 Å². The molecule has 0 atom stereocenters. The van der Waals surface area contributed by atoms with E-state index in [2.05, 4.69) is 0 Å². The molecule has 0 aliphatic rings. The van der Waals surface area contributed by atoms with Gasteiger partial charge in [0.1, 0.15) is 0 Å². The summed E-state index contributed by atoms with van der Waals surface area (Å²) < 4.78 is 0.115. The van der Waals surface area contributed by atoms with E-state index in [1.54, 1.807) is 22.6 Å². The first kappa shape index (κ1) is 5.56. The van der Waals surface area contributed by atoms with Crippen molar-refractivity contribution in [2.75, 3.05) is 0 Å². The van der Waals surface area contributed by atoms with Crippen LogP contribution < -0.4 is 0 Å². The lowest BCUT2D eigenvalue weighted by Gasteiger charge is -1.70. The molecular weight excluding hydrogens is 202 g/mol. The second-order valence-electron chi connectivity index (χ2n) is 0.432. The third-order valence-corrected chi connectivity index (χ3v) is 0.976. The van der Waals surface area contributed by atoms with Crippen molar-refractivity contribution in [3.63, 3.8) is 0 Å². The lowest BCUT2D eigenvalue weighted by atomic mass is 11.2. The van der Waals surface area contributed by atoms with Gasteiger partial charge in [-0.05, 0) is 22.6 Å². The Morgan fingerprint density at radius 2 is 2.20 bits per heavy atom. The van der Waals surface area contributed by atoms with Crippen LogP contribution in [0.25, 0.3) is 0 Å². The Morgan fingerprint density at radius 3 is 2.20 bits per heavy atom. The lowest BCUT2D eigenvalue weighted by Crippen LogP contribution is -1.50. The molecule has 30 valence electrons. The minimum absolute atomic E-state index is 0.115. The maximum absolute atomic E-state index is 8.08. The van der Waals surface area contributed by atoms with Crippen LogP contribution in [-0.2, 0) is 0 Å². The topological polar surface area (TPSA) is 20.2 Å². The van der Waals surface area contributed by atoms with Crippen molar-refractivity contribution in [1.82, 2.24) is 0 Å². The summed E-state index contributed by atoms with van der Waals surface area (Å²) in [6.45, 7) is 0. The summed E-state index contributed by atoms with van der Waals surface area (Å²) in [6, 6.07) is 0. The molecule has 0 aliphatic heterocycles. The number of rotatable bonds is 0. The second kappa shape index (κ2) is 2.78. The number of hydrogen-bond donors (Lipinski definition) is 1. The Morgan fingerprint density at radius 1 is 2.00 bits per heavy atom. The van der Waals surface area contributed by atoms with Crippen molar-refractivity contribution in [1.29, 1.82) is 0 Å². The molecule has 3 heteroatoms. The Bertz CT molecular complexity index is 47.6. The van der Waals surface area contributed by atoms with Crippen LogP contribution in [0.5, 0.6) is 0 Å². The molecule has 1 nitrogen and oxygen atoms in total. The molecule has 0 heterocycles. The van der Waals surface area contributed by atoms with Crippen molar-refractivity contribution in [3.05, 3.63) is 9.30 Å². The summed E-state index contributed by atoms with van der Waals surface area (Å²) in [5.74, 6) is 0. The van der Waals surface area contributed by atoms with Crippen LogP contribution >= 0.6 is 34.2 Å². The number of aliphatic hydroxyl groups is 1. The van der Waals surface area contributed by atoms with Gasteiger partial charge in [0.15, 0.2) is 3.77 Å². The summed E-state index contributed by atoms with van der Waals surface area (Å²) in [6.07, 6.45) is 0. The first-order valence-electron chi connectivity index (χ1n) is 0.919. The molecule has 0 aromatic rings. The van der Waals surface area contributed by atoms with Crippen LogP contribution in [0.1, 0.15) is 0 Å². The predicted molar refractivity (Wildman–Crippen MR) is 30.6 cm³/mol. The fraction of sp³-hybridized carbons (Fsp3) is 0. The minimum atomic E-state index is 0.115. The van der Waals surface area contributed by atoms with E-state index in [0.717, 1.165) is 5.54 Å². The first-order chi connectivity index (χ1) is 2.27. The highest BCUT2D eigenvalue weighted by Gasteiger charge is 1.69. The molecule has 0 amide bonds. The van der Waals surface area contributed by atoms with E-state index in [4.69, 9.17) is 16.7 Å². The maximum atomic E-state index is 8.08. The van der Waals surface area contributed by atoms with E-state index in [1.807, 2.05) is 0 Å². The summed E-state index contributed by atoms with van der Waals surface area (Å²) in [5.41, 5.74) is 1.10. The molecule has 0 aliphatic carbocycles. The van der Waals surface area contributed by atoms with Crippen molar-refractivity contribution in [3.8, 4) is 0 Å². The van der Waals surface area contributed by atoms with Crippen LogP contribution in [0, 0.1) is 0 Å². The van der Waals surface area contributed by atoms with Crippen LogP contribution in [0.15, 0.2) is 9.30 Å². The van der Waals surface area contributed by atoms with Gasteiger partial charge in [-0.2, -0.15) is 0 Å². The van der Waals surface area contributed by atoms with Crippen molar-refractivity contribution < 1.29 is 5.11 Å². The van der Waals surface area contributed by atoms with Gasteiger partial charge in [0.05, 0.1) is 5.54 Å². The van der Waals surface area contributed by atoms with Gasteiger partial charge in [0, 0.05) is 0 Å². The molecule has 5 heavy (non-hydrogen) atoms. The van der Waals surface area contributed by atoms with Gasteiger partial charge in [-0.15, -0.1) is 0 Å². The van der Waals surface area contributed by atoms with Gasteiger partial charge >= 0.3 is 0 Å². The monoisotopic (exact) mass is 204 g/mol. The van der Waals surface area contributed by atoms with Gasteiger partial charge in [0.2, 0.25) is 0 Å². The average Bonchev–Trinajstić information content (AvgIpc) is 1.38. The quantitative estimate of drug-likeness (QED) is 0.473. The Balaban J connectivity index is 3.14. The van der Waals surface area contributed by atoms with E-state index in [9.17, 15) is 0 Å². The van der Waals surface area contributed by atoms with Crippen LogP contribution in [0.2, 0.25) is 0 Å². The van der Waals surface area contributed by atoms with Crippen LogP contribution in [-0.4, -0.2) is 5.11 Å². The van der Waals surface area contributed by atoms with E-state index in [1.165, 1.54) is 0 Å². The molecule has 0 rings (SSSR count). The third-order valence-electron chi connectivity index (χ3n) is 0.0900. The molecule has 0 aromatic heterocycles. The maximum Gasteiger partial charge on any atom is 0.164 e. The van der Waals surface area contributed by atoms with Crippen molar-refractivity contribution in [2.45, 2.75) is 0 Å². The van der Waals surface area contributed by atoms with Gasteiger partial charge < -0.3 is 5.11 Å². The fourth-order valence-corrected chi connectivity index (χ4v) is 0. The summed E-state index contributed by atoms with van der Waals surface area (Å²) in [5, 5.41) is 8.08. The number of aliphatic hydroxyl groups excluding tert-OH is 1. The molecular formula is C2H2ClIO. The minimum Gasteiger partial charge on any atom is -0.502 e. The molecule has 0 fully saturated rings. The van der Waals surface area contributed by atoms with Crippen molar-refractivity contribution >= 4 is 34.2 Å². The number of halogens is 2. The molecule has 0 bridgehead atoms. The first-order valence-corrected chi connectivity index (χ1v) is 2.43. The Labute approximate surface area is 48.8 Å². The van der Waals surface area contributed by atoms with Gasteiger partial charge in [-0.3, -0.25) is 0 Å². The van der Waals surface area contributed by atoms with E-state index >= 15 is 0 Å². The zero-order chi connectivity index (χ0) is 4.28. The molecule has 0 unspecified atom stereocenters. The van der Waals surface area contributed by atoms with Crippen LogP contribution in [0.3, 0.4) is 0 Å². The third kappa shape index (κ3) is 4.56. The number of hydrogen-bond acceptors (Lipinski definition) is 1. The summed E-state index contributed by atoms with van der Waals surface area (Å²) in [4.78, 5) is 0. The summed E-state index contributed by atoms with van der Waals surface area (Å²) >= 11 is 6.61.